The molecule has 0 aliphatic carbocycles. The van der Waals surface area contributed by atoms with Gasteiger partial charge in [-0.05, 0) is 30.3 Å². The number of nitrogens with zero attached hydrogens (tertiary/aromatic N) is 2. The molecule has 2 aliphatic heterocycles. The normalized spacial score (nSPS) is 16.7. The van der Waals surface area contributed by atoms with E-state index in [4.69, 9.17) is 16.3 Å². The van der Waals surface area contributed by atoms with Crippen LogP contribution in [-0.4, -0.2) is 66.1 Å². The highest BCUT2D eigenvalue weighted by atomic mass is 35.5. The lowest BCUT2D eigenvalue weighted by molar-refractivity contribution is -0.136. The summed E-state index contributed by atoms with van der Waals surface area (Å²) >= 11 is 8.96. The first-order valence-corrected chi connectivity index (χ1v) is 11.6. The van der Waals surface area contributed by atoms with Crippen LogP contribution in [0.3, 0.4) is 0 Å². The van der Waals surface area contributed by atoms with Crippen LogP contribution < -0.4 is 5.32 Å². The van der Waals surface area contributed by atoms with Crippen LogP contribution in [0.2, 0.25) is 4.34 Å². The minimum atomic E-state index is -0.579. The van der Waals surface area contributed by atoms with Crippen molar-refractivity contribution in [3.63, 3.8) is 0 Å². The highest BCUT2D eigenvalue weighted by Gasteiger charge is 2.23. The number of benzene rings is 1. The molecular weight excluding hydrogens is 446 g/mol. The van der Waals surface area contributed by atoms with Crippen molar-refractivity contribution >= 4 is 58.2 Å². The molecule has 0 radical (unpaired) electrons. The fourth-order valence-electron chi connectivity index (χ4n) is 3.32. The van der Waals surface area contributed by atoms with Gasteiger partial charge in [-0.25, -0.2) is 4.79 Å². The van der Waals surface area contributed by atoms with Gasteiger partial charge in [0.25, 0.3) is 5.91 Å². The third kappa shape index (κ3) is 5.15. The molecular formula is C20H20ClN3O4S2. The minimum absolute atomic E-state index is 0.102. The molecule has 2 amide bonds. The van der Waals surface area contributed by atoms with Crippen LogP contribution in [0.5, 0.6) is 0 Å². The van der Waals surface area contributed by atoms with Gasteiger partial charge in [0.05, 0.1) is 21.3 Å². The number of amides is 2. The molecule has 0 bridgehead atoms. The maximum atomic E-state index is 12.4. The zero-order chi connectivity index (χ0) is 21.1. The quantitative estimate of drug-likeness (QED) is 0.684. The van der Waals surface area contributed by atoms with Crippen LogP contribution in [-0.2, 0) is 20.9 Å². The molecule has 0 atom stereocenters. The fraction of sp³-hybridized carbons (Fsp3) is 0.350. The molecule has 4 rings (SSSR count). The van der Waals surface area contributed by atoms with E-state index in [2.05, 4.69) is 10.2 Å². The van der Waals surface area contributed by atoms with Gasteiger partial charge in [-0.3, -0.25) is 14.5 Å². The maximum Gasteiger partial charge on any atom is 0.338 e. The SMILES string of the molecule is O=C1CSc2ccc(C(=O)OCC(=O)N3CCN(Cc4ccc(Cl)s4)CC3)cc2N1. The summed E-state index contributed by atoms with van der Waals surface area (Å²) in [6, 6.07) is 8.92. The van der Waals surface area contributed by atoms with Crippen LogP contribution >= 0.6 is 34.7 Å². The number of rotatable bonds is 5. The zero-order valence-corrected chi connectivity index (χ0v) is 18.4. The molecule has 0 saturated carbocycles. The summed E-state index contributed by atoms with van der Waals surface area (Å²) in [5.41, 5.74) is 0.906. The monoisotopic (exact) mass is 465 g/mol. The number of anilines is 1. The summed E-state index contributed by atoms with van der Waals surface area (Å²) < 4.78 is 5.99. The van der Waals surface area contributed by atoms with E-state index in [-0.39, 0.29) is 18.4 Å². The van der Waals surface area contributed by atoms with Gasteiger partial charge in [0.1, 0.15) is 0 Å². The molecule has 3 heterocycles. The molecule has 30 heavy (non-hydrogen) atoms. The van der Waals surface area contributed by atoms with Crippen molar-refractivity contribution < 1.29 is 19.1 Å². The molecule has 1 saturated heterocycles. The van der Waals surface area contributed by atoms with E-state index in [1.807, 2.05) is 12.1 Å². The Balaban J connectivity index is 1.24. The number of piperazine rings is 1. The summed E-state index contributed by atoms with van der Waals surface area (Å²) in [4.78, 5) is 42.4. The van der Waals surface area contributed by atoms with E-state index in [9.17, 15) is 14.4 Å². The minimum Gasteiger partial charge on any atom is -0.452 e. The number of thioether (sulfide) groups is 1. The Hall–Kier alpha value is -2.07. The van der Waals surface area contributed by atoms with Crippen LogP contribution in [0.25, 0.3) is 0 Å². The third-order valence-corrected chi connectivity index (χ3v) is 7.20. The number of hydrogen-bond donors (Lipinski definition) is 1. The molecule has 158 valence electrons. The van der Waals surface area contributed by atoms with Gasteiger partial charge in [-0.15, -0.1) is 23.1 Å². The smallest absolute Gasteiger partial charge is 0.338 e. The molecule has 0 unspecified atom stereocenters. The molecule has 1 N–H and O–H groups in total. The number of carbonyl (C=O) groups excluding carboxylic acids is 3. The van der Waals surface area contributed by atoms with Crippen LogP contribution in [0.15, 0.2) is 35.2 Å². The first-order chi connectivity index (χ1) is 14.5. The van der Waals surface area contributed by atoms with Crippen LogP contribution in [0.4, 0.5) is 5.69 Å². The molecule has 10 heteroatoms. The van der Waals surface area contributed by atoms with Gasteiger partial charge < -0.3 is 15.0 Å². The first kappa shape index (κ1) is 21.2. The second-order valence-electron chi connectivity index (χ2n) is 6.99. The largest absolute Gasteiger partial charge is 0.452 e. The van der Waals surface area contributed by atoms with E-state index in [1.165, 1.54) is 16.6 Å². The number of ether oxygens (including phenoxy) is 1. The Morgan fingerprint density at radius 1 is 1.13 bits per heavy atom. The van der Waals surface area contributed by atoms with E-state index in [1.54, 1.807) is 34.4 Å². The van der Waals surface area contributed by atoms with E-state index in [0.29, 0.717) is 30.1 Å². The van der Waals surface area contributed by atoms with Gasteiger partial charge >= 0.3 is 5.97 Å². The van der Waals surface area contributed by atoms with Crippen molar-refractivity contribution in [3.05, 3.63) is 45.1 Å². The summed E-state index contributed by atoms with van der Waals surface area (Å²) in [6.45, 7) is 3.24. The summed E-state index contributed by atoms with van der Waals surface area (Å²) in [7, 11) is 0. The molecule has 1 aromatic carbocycles. The van der Waals surface area contributed by atoms with Gasteiger partial charge in [0.15, 0.2) is 6.61 Å². The van der Waals surface area contributed by atoms with E-state index >= 15 is 0 Å². The van der Waals surface area contributed by atoms with Crippen molar-refractivity contribution in [3.8, 4) is 0 Å². The summed E-state index contributed by atoms with van der Waals surface area (Å²) in [6.07, 6.45) is 0. The number of hydrogen-bond acceptors (Lipinski definition) is 7. The highest BCUT2D eigenvalue weighted by Crippen LogP contribution is 2.32. The average Bonchev–Trinajstić information content (AvgIpc) is 3.16. The number of thiophene rings is 1. The number of halogens is 1. The predicted octanol–water partition coefficient (Wildman–Crippen LogP) is 2.95. The van der Waals surface area contributed by atoms with E-state index < -0.39 is 5.97 Å². The second kappa shape index (κ2) is 9.38. The summed E-state index contributed by atoms with van der Waals surface area (Å²) in [5, 5.41) is 2.74. The van der Waals surface area contributed by atoms with Gasteiger partial charge in [-0.1, -0.05) is 11.6 Å². The second-order valence-corrected chi connectivity index (χ2v) is 9.80. The van der Waals surface area contributed by atoms with Gasteiger partial charge in [-0.2, -0.15) is 0 Å². The standard InChI is InChI=1S/C20H20ClN3O4S2/c21-17-4-2-14(30-17)10-23-5-7-24(8-6-23)19(26)11-28-20(27)13-1-3-16-15(9-13)22-18(25)12-29-16/h1-4,9H,5-8,10-12H2,(H,22,25). The summed E-state index contributed by atoms with van der Waals surface area (Å²) in [5.74, 6) is -0.526. The lowest BCUT2D eigenvalue weighted by atomic mass is 10.2. The Morgan fingerprint density at radius 3 is 2.67 bits per heavy atom. The maximum absolute atomic E-state index is 12.4. The van der Waals surface area contributed by atoms with Gasteiger partial charge in [0, 0.05) is 42.5 Å². The van der Waals surface area contributed by atoms with Crippen LogP contribution in [0.1, 0.15) is 15.2 Å². The topological polar surface area (TPSA) is 79.0 Å². The molecule has 7 nitrogen and oxygen atoms in total. The van der Waals surface area contributed by atoms with Crippen molar-refractivity contribution in [1.82, 2.24) is 9.80 Å². The fourth-order valence-corrected chi connectivity index (χ4v) is 5.24. The van der Waals surface area contributed by atoms with Crippen molar-refractivity contribution in [1.29, 1.82) is 0 Å². The number of nitrogens with one attached hydrogen (secondary N) is 1. The van der Waals surface area contributed by atoms with E-state index in [0.717, 1.165) is 28.9 Å². The predicted molar refractivity (Wildman–Crippen MR) is 117 cm³/mol. The Labute approximate surface area is 187 Å². The molecule has 1 aromatic heterocycles. The molecule has 0 spiro atoms. The molecule has 2 aromatic rings. The van der Waals surface area contributed by atoms with Crippen molar-refractivity contribution in [2.24, 2.45) is 0 Å². The molecule has 1 fully saturated rings. The number of fused-ring (bicyclic) bond motifs is 1. The van der Waals surface area contributed by atoms with Gasteiger partial charge in [0.2, 0.25) is 5.91 Å². The average molecular weight is 466 g/mol. The Bertz CT molecular complexity index is 973. The third-order valence-electron chi connectivity index (χ3n) is 4.91. The Morgan fingerprint density at radius 2 is 1.93 bits per heavy atom. The zero-order valence-electron chi connectivity index (χ0n) is 16.1. The van der Waals surface area contributed by atoms with Crippen molar-refractivity contribution in [2.45, 2.75) is 11.4 Å². The Kier molecular flexibility index (Phi) is 6.62. The van der Waals surface area contributed by atoms with Crippen molar-refractivity contribution in [2.75, 3.05) is 43.9 Å². The highest BCUT2D eigenvalue weighted by molar-refractivity contribution is 8.00. The lowest BCUT2D eigenvalue weighted by Gasteiger charge is -2.34. The molecule has 2 aliphatic rings. The number of carbonyl (C=O) groups is 3. The number of esters is 1. The first-order valence-electron chi connectivity index (χ1n) is 9.46. The van der Waals surface area contributed by atoms with Crippen LogP contribution in [0, 0.1) is 0 Å². The lowest BCUT2D eigenvalue weighted by Crippen LogP contribution is -2.49.